The summed E-state index contributed by atoms with van der Waals surface area (Å²) < 4.78 is 0. The lowest BCUT2D eigenvalue weighted by Gasteiger charge is -2.29. The Labute approximate surface area is 169 Å². The summed E-state index contributed by atoms with van der Waals surface area (Å²) in [5.41, 5.74) is 1.79. The molecule has 0 aromatic heterocycles. The van der Waals surface area contributed by atoms with Crippen LogP contribution in [0.5, 0.6) is 11.5 Å². The van der Waals surface area contributed by atoms with Gasteiger partial charge in [0.2, 0.25) is 0 Å². The second-order valence-electron chi connectivity index (χ2n) is 8.15. The van der Waals surface area contributed by atoms with E-state index in [1.165, 1.54) is 35.2 Å². The third-order valence-electron chi connectivity index (χ3n) is 4.93. The van der Waals surface area contributed by atoms with Crippen LogP contribution in [0.4, 0.5) is 0 Å². The number of nitrogens with one attached hydrogen (secondary N) is 1. The number of aryl methyl sites for hydroxylation is 1. The molecular weight excluding hydrogens is 372 g/mol. The van der Waals surface area contributed by atoms with Crippen molar-refractivity contribution in [2.45, 2.75) is 39.7 Å². The zero-order valence-corrected chi connectivity index (χ0v) is 16.9. The molecule has 0 spiro atoms. The van der Waals surface area contributed by atoms with Crippen molar-refractivity contribution in [3.05, 3.63) is 58.1 Å². The maximum Gasteiger partial charge on any atom is 0.262 e. The third-order valence-corrected chi connectivity index (χ3v) is 4.93. The molecule has 3 amide bonds. The summed E-state index contributed by atoms with van der Waals surface area (Å²) in [6.07, 6.45) is 0.464. The van der Waals surface area contributed by atoms with Crippen LogP contribution in [0.1, 0.15) is 63.0 Å². The summed E-state index contributed by atoms with van der Waals surface area (Å²) in [5, 5.41) is 21.9. The zero-order valence-electron chi connectivity index (χ0n) is 16.9. The number of carbonyl (C=O) groups is 3. The van der Waals surface area contributed by atoms with Crippen molar-refractivity contribution >= 4 is 17.7 Å². The molecule has 29 heavy (non-hydrogen) atoms. The Morgan fingerprint density at radius 3 is 2.28 bits per heavy atom. The van der Waals surface area contributed by atoms with Crippen molar-refractivity contribution in [3.63, 3.8) is 0 Å². The van der Waals surface area contributed by atoms with Gasteiger partial charge in [-0.2, -0.15) is 0 Å². The lowest BCUT2D eigenvalue weighted by atomic mass is 10.0. The molecule has 2 aromatic carbocycles. The van der Waals surface area contributed by atoms with Crippen LogP contribution in [-0.4, -0.2) is 44.9 Å². The Morgan fingerprint density at radius 2 is 1.62 bits per heavy atom. The van der Waals surface area contributed by atoms with Crippen molar-refractivity contribution in [2.75, 3.05) is 6.54 Å². The van der Waals surface area contributed by atoms with Gasteiger partial charge >= 0.3 is 0 Å². The molecule has 0 fully saturated rings. The molecule has 152 valence electrons. The fourth-order valence-corrected chi connectivity index (χ4v) is 3.40. The number of benzene rings is 2. The summed E-state index contributed by atoms with van der Waals surface area (Å²) in [7, 11) is 0. The van der Waals surface area contributed by atoms with Gasteiger partial charge in [0.15, 0.2) is 11.5 Å². The first-order valence-electron chi connectivity index (χ1n) is 9.33. The summed E-state index contributed by atoms with van der Waals surface area (Å²) in [6.45, 7) is 7.46. The van der Waals surface area contributed by atoms with E-state index >= 15 is 0 Å². The Hall–Kier alpha value is -3.35. The molecule has 0 saturated carbocycles. The molecule has 3 rings (SSSR count). The molecule has 7 heteroatoms. The van der Waals surface area contributed by atoms with Crippen molar-refractivity contribution in [3.8, 4) is 11.5 Å². The highest BCUT2D eigenvalue weighted by atomic mass is 16.3. The second-order valence-corrected chi connectivity index (χ2v) is 8.15. The van der Waals surface area contributed by atoms with Gasteiger partial charge in [-0.25, -0.2) is 0 Å². The number of nitrogens with zero attached hydrogens (tertiary/aromatic N) is 1. The zero-order chi connectivity index (χ0) is 21.5. The van der Waals surface area contributed by atoms with Gasteiger partial charge in [0.05, 0.1) is 11.1 Å². The minimum atomic E-state index is -0.650. The van der Waals surface area contributed by atoms with E-state index in [1.807, 2.05) is 0 Å². The van der Waals surface area contributed by atoms with Crippen molar-refractivity contribution in [2.24, 2.45) is 0 Å². The molecule has 1 aliphatic heterocycles. The average molecular weight is 396 g/mol. The number of phenols is 2. The Morgan fingerprint density at radius 1 is 1.00 bits per heavy atom. The first kappa shape index (κ1) is 20.4. The molecule has 3 N–H and O–H groups in total. The van der Waals surface area contributed by atoms with E-state index in [-0.39, 0.29) is 28.9 Å². The standard InChI is InChI=1S/C22H24N2O5/c1-12-9-17(25)18(26)11-13(12)7-8-23-19(27)14-5-6-15-16(10-14)21(29)24(20(15)28)22(2,3)4/h5-6,9-11,25-26H,7-8H2,1-4H3,(H,23,27). The van der Waals surface area contributed by atoms with E-state index in [2.05, 4.69) is 5.32 Å². The van der Waals surface area contributed by atoms with Crippen LogP contribution in [0.2, 0.25) is 0 Å². The number of carbonyl (C=O) groups excluding carboxylic acids is 3. The molecule has 0 unspecified atom stereocenters. The van der Waals surface area contributed by atoms with Crippen LogP contribution in [0.3, 0.4) is 0 Å². The lowest BCUT2D eigenvalue weighted by molar-refractivity contribution is 0.0507. The summed E-state index contributed by atoms with van der Waals surface area (Å²) in [5.74, 6) is -1.50. The summed E-state index contributed by atoms with van der Waals surface area (Å²) >= 11 is 0. The Balaban J connectivity index is 1.71. The molecule has 0 atom stereocenters. The number of phenolic OH excluding ortho intramolecular Hbond substituents is 2. The van der Waals surface area contributed by atoms with E-state index in [9.17, 15) is 24.6 Å². The molecule has 7 nitrogen and oxygen atoms in total. The number of hydrogen-bond acceptors (Lipinski definition) is 5. The lowest BCUT2D eigenvalue weighted by Crippen LogP contribution is -2.45. The van der Waals surface area contributed by atoms with Gasteiger partial charge in [-0.3, -0.25) is 19.3 Å². The molecular formula is C22H24N2O5. The van der Waals surface area contributed by atoms with Gasteiger partial charge in [0.1, 0.15) is 0 Å². The SMILES string of the molecule is Cc1cc(O)c(O)cc1CCNC(=O)c1ccc2c(c1)C(=O)N(C(C)(C)C)C2=O. The molecule has 0 radical (unpaired) electrons. The average Bonchev–Trinajstić information content (AvgIpc) is 2.89. The minimum Gasteiger partial charge on any atom is -0.504 e. The number of rotatable bonds is 4. The largest absolute Gasteiger partial charge is 0.504 e. The van der Waals surface area contributed by atoms with Gasteiger partial charge in [0.25, 0.3) is 17.7 Å². The third kappa shape index (κ3) is 3.81. The van der Waals surface area contributed by atoms with Gasteiger partial charge in [0, 0.05) is 17.6 Å². The van der Waals surface area contributed by atoms with Crippen molar-refractivity contribution in [1.82, 2.24) is 10.2 Å². The number of hydrogen-bond donors (Lipinski definition) is 3. The van der Waals surface area contributed by atoms with E-state index in [1.54, 1.807) is 27.7 Å². The highest BCUT2D eigenvalue weighted by molar-refractivity contribution is 6.22. The highest BCUT2D eigenvalue weighted by Gasteiger charge is 2.42. The molecule has 1 heterocycles. The van der Waals surface area contributed by atoms with Crippen molar-refractivity contribution < 1.29 is 24.6 Å². The Bertz CT molecular complexity index is 1020. The maximum absolute atomic E-state index is 12.7. The van der Waals surface area contributed by atoms with Gasteiger partial charge in [-0.1, -0.05) is 0 Å². The fraction of sp³-hybridized carbons (Fsp3) is 0.318. The second kappa shape index (κ2) is 7.24. The molecule has 0 bridgehead atoms. The minimum absolute atomic E-state index is 0.183. The molecule has 0 aliphatic carbocycles. The summed E-state index contributed by atoms with van der Waals surface area (Å²) in [4.78, 5) is 38.9. The fourth-order valence-electron chi connectivity index (χ4n) is 3.40. The first-order chi connectivity index (χ1) is 13.5. The van der Waals surface area contributed by atoms with E-state index in [4.69, 9.17) is 0 Å². The van der Waals surface area contributed by atoms with Crippen LogP contribution in [0, 0.1) is 6.92 Å². The molecule has 1 aliphatic rings. The highest BCUT2D eigenvalue weighted by Crippen LogP contribution is 2.30. The number of aromatic hydroxyl groups is 2. The Kier molecular flexibility index (Phi) is 5.09. The van der Waals surface area contributed by atoms with Gasteiger partial charge < -0.3 is 15.5 Å². The van der Waals surface area contributed by atoms with Crippen LogP contribution in [0.25, 0.3) is 0 Å². The van der Waals surface area contributed by atoms with Crippen LogP contribution in [0.15, 0.2) is 30.3 Å². The number of amides is 3. The molecule has 2 aromatic rings. The van der Waals surface area contributed by atoms with Crippen LogP contribution >= 0.6 is 0 Å². The smallest absolute Gasteiger partial charge is 0.262 e. The van der Waals surface area contributed by atoms with E-state index in [0.717, 1.165) is 11.1 Å². The van der Waals surface area contributed by atoms with Crippen molar-refractivity contribution in [1.29, 1.82) is 0 Å². The summed E-state index contributed by atoms with van der Waals surface area (Å²) in [6, 6.07) is 7.43. The van der Waals surface area contributed by atoms with Gasteiger partial charge in [-0.05, 0) is 75.6 Å². The quantitative estimate of drug-likeness (QED) is 0.544. The van der Waals surface area contributed by atoms with Crippen LogP contribution < -0.4 is 5.32 Å². The normalized spacial score (nSPS) is 13.6. The monoisotopic (exact) mass is 396 g/mol. The predicted octanol–water partition coefficient (Wildman–Crippen LogP) is 2.77. The number of fused-ring (bicyclic) bond motifs is 1. The van der Waals surface area contributed by atoms with Crippen LogP contribution in [-0.2, 0) is 6.42 Å². The first-order valence-corrected chi connectivity index (χ1v) is 9.33. The number of imide groups is 1. The van der Waals surface area contributed by atoms with E-state index in [0.29, 0.717) is 24.1 Å². The maximum atomic E-state index is 12.7. The van der Waals surface area contributed by atoms with E-state index < -0.39 is 11.4 Å². The van der Waals surface area contributed by atoms with Gasteiger partial charge in [-0.15, -0.1) is 0 Å². The topological polar surface area (TPSA) is 107 Å². The predicted molar refractivity (Wildman–Crippen MR) is 107 cm³/mol. The molecule has 0 saturated heterocycles.